The third-order valence-electron chi connectivity index (χ3n) is 3.92. The molecule has 0 bridgehead atoms. The largest absolute Gasteiger partial charge is 0.295 e. The summed E-state index contributed by atoms with van der Waals surface area (Å²) in [4.78, 5) is 20.7. The van der Waals surface area contributed by atoms with E-state index in [9.17, 15) is 4.79 Å². The monoisotopic (exact) mass is 323 g/mol. The van der Waals surface area contributed by atoms with Crippen LogP contribution in [0.4, 0.5) is 11.8 Å². The lowest BCUT2D eigenvalue weighted by Gasteiger charge is -2.14. The molecule has 6 heteroatoms. The van der Waals surface area contributed by atoms with Gasteiger partial charge in [0.05, 0.1) is 11.8 Å². The minimum Gasteiger partial charge on any atom is -0.295 e. The van der Waals surface area contributed by atoms with Crippen molar-refractivity contribution in [2.45, 2.75) is 39.2 Å². The van der Waals surface area contributed by atoms with E-state index < -0.39 is 0 Å². The van der Waals surface area contributed by atoms with Gasteiger partial charge in [0.15, 0.2) is 0 Å². The van der Waals surface area contributed by atoms with Gasteiger partial charge < -0.3 is 0 Å². The number of nitrogens with one attached hydrogen (secondary N) is 1. The average Bonchev–Trinajstić information content (AvgIpc) is 3.09. The number of anilines is 1. The molecule has 0 aliphatic carbocycles. The molecule has 0 fully saturated rings. The fourth-order valence-electron chi connectivity index (χ4n) is 2.65. The normalized spacial score (nSPS) is 12.7. The smallest absolute Gasteiger partial charge is 0.280 e. The maximum Gasteiger partial charge on any atom is 0.280 e. The Morgan fingerprint density at radius 2 is 2.12 bits per heavy atom. The van der Waals surface area contributed by atoms with E-state index in [1.807, 2.05) is 34.9 Å². The van der Waals surface area contributed by atoms with Gasteiger partial charge in [-0.05, 0) is 12.0 Å². The number of rotatable bonds is 7. The van der Waals surface area contributed by atoms with E-state index in [-0.39, 0.29) is 5.56 Å². The van der Waals surface area contributed by atoms with Crippen molar-refractivity contribution in [3.8, 4) is 0 Å². The minimum atomic E-state index is -0.230. The lowest BCUT2D eigenvalue weighted by Crippen LogP contribution is -2.20. The standard InChI is InChI=1S/C18H21N5O/c1-2-3-7-12-23-16-15(10-11-19-16)17(24)21-18(23)22-20-13-14-8-5-4-6-9-14/h4-6,8-9,11,13H,2-3,7,10,12H2,1H3,(H,21,22,24)/b20-13+. The van der Waals surface area contributed by atoms with Crippen molar-refractivity contribution in [3.05, 3.63) is 51.8 Å². The van der Waals surface area contributed by atoms with E-state index in [0.717, 1.165) is 31.4 Å². The Morgan fingerprint density at radius 1 is 1.29 bits per heavy atom. The van der Waals surface area contributed by atoms with Crippen LogP contribution in [0, 0.1) is 0 Å². The number of benzene rings is 1. The zero-order valence-corrected chi connectivity index (χ0v) is 13.8. The van der Waals surface area contributed by atoms with E-state index in [0.29, 0.717) is 23.8 Å². The van der Waals surface area contributed by atoms with Crippen LogP contribution in [0.2, 0.25) is 0 Å². The number of aliphatic imine (C=N–C) groups is 1. The zero-order chi connectivity index (χ0) is 16.8. The van der Waals surface area contributed by atoms with Gasteiger partial charge in [-0.1, -0.05) is 50.1 Å². The van der Waals surface area contributed by atoms with E-state index in [2.05, 4.69) is 27.4 Å². The quantitative estimate of drug-likeness (QED) is 0.483. The Labute approximate surface area is 141 Å². The predicted molar refractivity (Wildman–Crippen MR) is 97.5 cm³/mol. The third-order valence-corrected chi connectivity index (χ3v) is 3.92. The number of hydrogen-bond donors (Lipinski definition) is 1. The second-order valence-electron chi connectivity index (χ2n) is 5.70. The van der Waals surface area contributed by atoms with Gasteiger partial charge in [0.25, 0.3) is 5.56 Å². The summed E-state index contributed by atoms with van der Waals surface area (Å²) in [5.74, 6) is 1.16. The zero-order valence-electron chi connectivity index (χ0n) is 13.8. The number of fused-ring (bicyclic) bond motifs is 1. The fourth-order valence-corrected chi connectivity index (χ4v) is 2.65. The molecular formula is C18H21N5O. The molecule has 1 aromatic heterocycles. The molecular weight excluding hydrogens is 302 g/mol. The van der Waals surface area contributed by atoms with E-state index in [1.54, 1.807) is 12.4 Å². The van der Waals surface area contributed by atoms with Gasteiger partial charge >= 0.3 is 0 Å². The van der Waals surface area contributed by atoms with Gasteiger partial charge in [0, 0.05) is 19.2 Å². The van der Waals surface area contributed by atoms with Gasteiger partial charge in [-0.2, -0.15) is 10.1 Å². The molecule has 3 rings (SSSR count). The van der Waals surface area contributed by atoms with E-state index in [1.165, 1.54) is 0 Å². The molecule has 6 nitrogen and oxygen atoms in total. The maximum atomic E-state index is 12.2. The minimum absolute atomic E-state index is 0.230. The van der Waals surface area contributed by atoms with Gasteiger partial charge in [-0.3, -0.25) is 9.36 Å². The molecule has 1 aliphatic rings. The molecule has 0 atom stereocenters. The Balaban J connectivity index is 1.85. The lowest BCUT2D eigenvalue weighted by molar-refractivity contribution is 0.598. The molecule has 2 heterocycles. The lowest BCUT2D eigenvalue weighted by atomic mass is 10.2. The van der Waals surface area contributed by atoms with Crippen molar-refractivity contribution in [3.63, 3.8) is 0 Å². The average molecular weight is 323 g/mol. The van der Waals surface area contributed by atoms with Crippen LogP contribution in [0.5, 0.6) is 0 Å². The van der Waals surface area contributed by atoms with Crippen LogP contribution in [0.25, 0.3) is 0 Å². The first-order valence-electron chi connectivity index (χ1n) is 8.30. The summed E-state index contributed by atoms with van der Waals surface area (Å²) >= 11 is 0. The molecule has 1 aliphatic heterocycles. The Morgan fingerprint density at radius 3 is 2.92 bits per heavy atom. The second-order valence-corrected chi connectivity index (χ2v) is 5.70. The van der Waals surface area contributed by atoms with Gasteiger partial charge in [-0.15, -0.1) is 0 Å². The second kappa shape index (κ2) is 7.68. The van der Waals surface area contributed by atoms with Crippen LogP contribution in [-0.4, -0.2) is 22.0 Å². The molecule has 0 spiro atoms. The van der Waals surface area contributed by atoms with E-state index in [4.69, 9.17) is 0 Å². The highest BCUT2D eigenvalue weighted by atomic mass is 16.1. The topological polar surface area (TPSA) is 71.6 Å². The first-order valence-corrected chi connectivity index (χ1v) is 8.30. The first kappa shape index (κ1) is 16.1. The summed E-state index contributed by atoms with van der Waals surface area (Å²) in [6.07, 6.45) is 7.30. The molecule has 1 aromatic carbocycles. The van der Waals surface area contributed by atoms with Crippen LogP contribution < -0.4 is 11.0 Å². The molecule has 2 aromatic rings. The van der Waals surface area contributed by atoms with Crippen molar-refractivity contribution >= 4 is 24.2 Å². The Hall–Kier alpha value is -2.76. The highest BCUT2D eigenvalue weighted by molar-refractivity contribution is 5.80. The Bertz CT molecular complexity index is 808. The highest BCUT2D eigenvalue weighted by Gasteiger charge is 2.18. The van der Waals surface area contributed by atoms with Crippen LogP contribution in [-0.2, 0) is 13.0 Å². The number of aromatic nitrogens is 2. The molecule has 1 N–H and O–H groups in total. The van der Waals surface area contributed by atoms with Crippen LogP contribution in [0.3, 0.4) is 0 Å². The van der Waals surface area contributed by atoms with Crippen LogP contribution in [0.15, 0.2) is 45.2 Å². The summed E-state index contributed by atoms with van der Waals surface area (Å²) in [7, 11) is 0. The molecule has 0 saturated carbocycles. The summed E-state index contributed by atoms with van der Waals surface area (Å²) in [5, 5.41) is 4.22. The van der Waals surface area contributed by atoms with Crippen molar-refractivity contribution in [2.75, 3.05) is 5.43 Å². The number of hydrogen-bond acceptors (Lipinski definition) is 5. The van der Waals surface area contributed by atoms with Gasteiger partial charge in [0.1, 0.15) is 5.82 Å². The number of hydrazone groups is 1. The van der Waals surface area contributed by atoms with Gasteiger partial charge in [-0.25, -0.2) is 10.4 Å². The summed E-state index contributed by atoms with van der Waals surface area (Å²) < 4.78 is 1.96. The fraction of sp³-hybridized carbons (Fsp3) is 0.333. The Kier molecular flexibility index (Phi) is 5.15. The van der Waals surface area contributed by atoms with Crippen LogP contribution >= 0.6 is 0 Å². The third kappa shape index (κ3) is 3.59. The van der Waals surface area contributed by atoms with Crippen molar-refractivity contribution in [1.82, 2.24) is 9.55 Å². The molecule has 0 unspecified atom stereocenters. The maximum absolute atomic E-state index is 12.2. The predicted octanol–water partition coefficient (Wildman–Crippen LogP) is 3.14. The van der Waals surface area contributed by atoms with Crippen molar-refractivity contribution in [2.24, 2.45) is 10.1 Å². The summed E-state index contributed by atoms with van der Waals surface area (Å²) in [6.45, 7) is 2.93. The summed E-state index contributed by atoms with van der Waals surface area (Å²) in [5.41, 5.74) is 4.32. The van der Waals surface area contributed by atoms with Gasteiger partial charge in [0.2, 0.25) is 5.95 Å². The highest BCUT2D eigenvalue weighted by Crippen LogP contribution is 2.24. The number of unbranched alkanes of at least 4 members (excludes halogenated alkanes) is 2. The first-order chi connectivity index (χ1) is 11.8. The van der Waals surface area contributed by atoms with Crippen LogP contribution in [0.1, 0.15) is 37.3 Å². The molecule has 0 saturated heterocycles. The summed E-state index contributed by atoms with van der Waals surface area (Å²) in [6, 6.07) is 9.77. The SMILES string of the molecule is CCCCCn1c(N/N=C/c2ccccc2)nc(=O)c2c1N=CC2. The van der Waals surface area contributed by atoms with E-state index >= 15 is 0 Å². The molecule has 0 radical (unpaired) electrons. The van der Waals surface area contributed by atoms with Crippen molar-refractivity contribution in [1.29, 1.82) is 0 Å². The van der Waals surface area contributed by atoms with Crippen molar-refractivity contribution < 1.29 is 0 Å². The molecule has 124 valence electrons. The molecule has 24 heavy (non-hydrogen) atoms. The number of nitrogens with zero attached hydrogens (tertiary/aromatic N) is 4. The molecule has 0 amide bonds.